The van der Waals surface area contributed by atoms with Crippen LogP contribution in [0.15, 0.2) is 146 Å². The summed E-state index contributed by atoms with van der Waals surface area (Å²) >= 11 is 0. The molecule has 186 valence electrons. The van der Waals surface area contributed by atoms with E-state index in [9.17, 15) is 0 Å². The molecule has 0 saturated carbocycles. The van der Waals surface area contributed by atoms with Gasteiger partial charge in [-0.15, -0.1) is 0 Å². The van der Waals surface area contributed by atoms with Crippen LogP contribution in [-0.4, -0.2) is 0 Å². The van der Waals surface area contributed by atoms with E-state index in [1.54, 1.807) is 0 Å². The van der Waals surface area contributed by atoms with E-state index in [-0.39, 0.29) is 0 Å². The third kappa shape index (κ3) is 4.27. The number of rotatable bonds is 5. The van der Waals surface area contributed by atoms with Crippen molar-refractivity contribution in [3.63, 3.8) is 0 Å². The summed E-state index contributed by atoms with van der Waals surface area (Å²) in [6.07, 6.45) is 2.06. The van der Waals surface area contributed by atoms with Crippen molar-refractivity contribution in [2.75, 3.05) is 0 Å². The van der Waals surface area contributed by atoms with Crippen LogP contribution in [0.4, 0.5) is 0 Å². The first-order chi connectivity index (χ1) is 19.4. The van der Waals surface area contributed by atoms with Gasteiger partial charge in [0.15, 0.2) is 6.54 Å². The lowest BCUT2D eigenvalue weighted by Gasteiger charge is -2.26. The zero-order chi connectivity index (χ0) is 26.0. The van der Waals surface area contributed by atoms with Gasteiger partial charge in [-0.25, -0.2) is 0 Å². The fourth-order valence-electron chi connectivity index (χ4n) is 6.21. The lowest BCUT2D eigenvalue weighted by Crippen LogP contribution is -2.42. The molecule has 1 nitrogen and oxygen atoms in total. The highest BCUT2D eigenvalue weighted by Gasteiger charge is 2.36. The molecule has 0 unspecified atom stereocenters. The number of aromatic nitrogens is 1. The third-order valence-corrected chi connectivity index (χ3v) is 7.89. The zero-order valence-electron chi connectivity index (χ0n) is 21.9. The van der Waals surface area contributed by atoms with E-state index in [1.165, 1.54) is 61.5 Å². The summed E-state index contributed by atoms with van der Waals surface area (Å²) in [5, 5.41) is 0. The van der Waals surface area contributed by atoms with Gasteiger partial charge in [-0.05, 0) is 47.7 Å². The topological polar surface area (TPSA) is 3.88 Å². The number of hydrogen-bond acceptors (Lipinski definition) is 0. The smallest absolute Gasteiger partial charge is 0.186 e. The van der Waals surface area contributed by atoms with Crippen LogP contribution in [0, 0.1) is 0 Å². The Labute approximate surface area is 230 Å². The quantitative estimate of drug-likeness (QED) is 0.208. The number of nitrogens with zero attached hydrogens (tertiary/aromatic N) is 1. The molecule has 1 aliphatic rings. The van der Waals surface area contributed by atoms with Crippen molar-refractivity contribution in [1.82, 2.24) is 0 Å². The van der Waals surface area contributed by atoms with Crippen molar-refractivity contribution >= 4 is 0 Å². The van der Waals surface area contributed by atoms with Crippen molar-refractivity contribution in [2.24, 2.45) is 0 Å². The van der Waals surface area contributed by atoms with Gasteiger partial charge in [0.1, 0.15) is 0 Å². The molecule has 0 saturated heterocycles. The lowest BCUT2D eigenvalue weighted by molar-refractivity contribution is -0.666. The Morgan fingerprint density at radius 1 is 0.436 bits per heavy atom. The van der Waals surface area contributed by atoms with Gasteiger partial charge in [-0.3, -0.25) is 0 Å². The van der Waals surface area contributed by atoms with Crippen molar-refractivity contribution in [1.29, 1.82) is 0 Å². The largest absolute Gasteiger partial charge is 0.221 e. The minimum Gasteiger partial charge on any atom is -0.186 e. The summed E-state index contributed by atoms with van der Waals surface area (Å²) < 4.78 is 2.60. The molecule has 0 spiro atoms. The highest BCUT2D eigenvalue weighted by Crippen LogP contribution is 2.46. The van der Waals surface area contributed by atoms with Crippen molar-refractivity contribution in [3.05, 3.63) is 162 Å². The molecule has 39 heavy (non-hydrogen) atoms. The van der Waals surface area contributed by atoms with Crippen LogP contribution in [0.1, 0.15) is 16.7 Å². The molecular formula is C38H30N+. The van der Waals surface area contributed by atoms with Crippen LogP contribution in [-0.2, 0) is 19.4 Å². The minimum absolute atomic E-state index is 0.802. The fraction of sp³-hybridized carbons (Fsp3) is 0.0789. The summed E-state index contributed by atoms with van der Waals surface area (Å²) in [6.45, 7) is 0.802. The van der Waals surface area contributed by atoms with Crippen molar-refractivity contribution in [3.8, 4) is 44.8 Å². The number of fused-ring (bicyclic) bond motifs is 3. The SMILES string of the molecule is c1ccc(C[n+]2c3c(c(-c4ccccc4)c(-c4ccccc4)c2-c2ccccc2)CCc2ccccc2-3)cc1. The molecule has 0 bridgehead atoms. The van der Waals surface area contributed by atoms with Gasteiger partial charge in [0.05, 0.1) is 5.56 Å². The zero-order valence-corrected chi connectivity index (χ0v) is 21.9. The number of benzene rings is 5. The highest BCUT2D eigenvalue weighted by molar-refractivity contribution is 5.95. The normalized spacial score (nSPS) is 12.0. The molecule has 0 aliphatic heterocycles. The predicted molar refractivity (Wildman–Crippen MR) is 161 cm³/mol. The monoisotopic (exact) mass is 500 g/mol. The van der Waals surface area contributed by atoms with Gasteiger partial charge in [0.2, 0.25) is 11.4 Å². The van der Waals surface area contributed by atoms with E-state index in [0.717, 1.165) is 19.4 Å². The maximum Gasteiger partial charge on any atom is 0.221 e. The Balaban J connectivity index is 1.69. The first-order valence-electron chi connectivity index (χ1n) is 13.8. The number of aryl methyl sites for hydroxylation is 1. The highest BCUT2D eigenvalue weighted by atomic mass is 15.0. The van der Waals surface area contributed by atoms with E-state index in [2.05, 4.69) is 150 Å². The van der Waals surface area contributed by atoms with Crippen LogP contribution in [0.5, 0.6) is 0 Å². The number of hydrogen-bond donors (Lipinski definition) is 0. The Kier molecular flexibility index (Phi) is 6.11. The first-order valence-corrected chi connectivity index (χ1v) is 13.8. The standard InChI is InChI=1S/C38H30N/c1-5-15-28(16-6-1)27-39-37(32-22-11-4-12-23-32)36(31-20-9-3-10-21-31)35(30-18-7-2-8-19-30)34-26-25-29-17-13-14-24-33(29)38(34)39/h1-24H,25-27H2/q+1. The Morgan fingerprint density at radius 2 is 0.949 bits per heavy atom. The van der Waals surface area contributed by atoms with Crippen molar-refractivity contribution < 1.29 is 4.57 Å². The van der Waals surface area contributed by atoms with Gasteiger partial charge in [-0.2, -0.15) is 4.57 Å². The Bertz CT molecular complexity index is 1740. The van der Waals surface area contributed by atoms with Crippen LogP contribution >= 0.6 is 0 Å². The van der Waals surface area contributed by atoms with Crippen LogP contribution in [0.25, 0.3) is 44.8 Å². The molecule has 0 radical (unpaired) electrons. The van der Waals surface area contributed by atoms with Crippen molar-refractivity contribution in [2.45, 2.75) is 19.4 Å². The van der Waals surface area contributed by atoms with Gasteiger partial charge in [0, 0.05) is 27.8 Å². The Hall–Kier alpha value is -4.75. The molecule has 1 aromatic heterocycles. The summed E-state index contributed by atoms with van der Waals surface area (Å²) in [6, 6.07) is 52.8. The summed E-state index contributed by atoms with van der Waals surface area (Å²) in [5.41, 5.74) is 14.5. The maximum atomic E-state index is 2.60. The summed E-state index contributed by atoms with van der Waals surface area (Å²) in [7, 11) is 0. The molecule has 0 amide bonds. The molecule has 1 heteroatoms. The predicted octanol–water partition coefficient (Wildman–Crippen LogP) is 8.79. The molecule has 7 rings (SSSR count). The summed E-state index contributed by atoms with van der Waals surface area (Å²) in [4.78, 5) is 0. The second kappa shape index (κ2) is 10.2. The molecule has 1 aliphatic carbocycles. The van der Waals surface area contributed by atoms with E-state index in [4.69, 9.17) is 0 Å². The average Bonchev–Trinajstić information content (AvgIpc) is 3.02. The molecule has 0 N–H and O–H groups in total. The van der Waals surface area contributed by atoms with Gasteiger partial charge in [-0.1, -0.05) is 127 Å². The van der Waals surface area contributed by atoms with E-state index >= 15 is 0 Å². The average molecular weight is 501 g/mol. The van der Waals surface area contributed by atoms with Gasteiger partial charge in [0.25, 0.3) is 0 Å². The summed E-state index contributed by atoms with van der Waals surface area (Å²) in [5.74, 6) is 0. The van der Waals surface area contributed by atoms with E-state index in [0.29, 0.717) is 0 Å². The molecule has 5 aromatic carbocycles. The number of pyridine rings is 1. The van der Waals surface area contributed by atoms with Gasteiger partial charge >= 0.3 is 0 Å². The maximum absolute atomic E-state index is 2.60. The molecule has 6 aromatic rings. The van der Waals surface area contributed by atoms with E-state index < -0.39 is 0 Å². The van der Waals surface area contributed by atoms with Gasteiger partial charge < -0.3 is 0 Å². The molecular weight excluding hydrogens is 470 g/mol. The second-order valence-corrected chi connectivity index (χ2v) is 10.3. The lowest BCUT2D eigenvalue weighted by atomic mass is 9.79. The van der Waals surface area contributed by atoms with Crippen LogP contribution < -0.4 is 4.57 Å². The first kappa shape index (κ1) is 23.4. The van der Waals surface area contributed by atoms with Crippen LogP contribution in [0.2, 0.25) is 0 Å². The molecule has 0 atom stereocenters. The fourth-order valence-corrected chi connectivity index (χ4v) is 6.21. The van der Waals surface area contributed by atoms with E-state index in [1.807, 2.05) is 0 Å². The minimum atomic E-state index is 0.802. The molecule has 0 fully saturated rings. The Morgan fingerprint density at radius 3 is 1.59 bits per heavy atom. The molecule has 1 heterocycles. The van der Waals surface area contributed by atoms with Crippen LogP contribution in [0.3, 0.4) is 0 Å². The third-order valence-electron chi connectivity index (χ3n) is 7.89. The second-order valence-electron chi connectivity index (χ2n) is 10.3.